The van der Waals surface area contributed by atoms with Gasteiger partial charge in [0.25, 0.3) is 0 Å². The zero-order valence-corrected chi connectivity index (χ0v) is 25.5. The van der Waals surface area contributed by atoms with E-state index in [0.717, 1.165) is 0 Å². The van der Waals surface area contributed by atoms with E-state index in [9.17, 15) is 0 Å². The largest absolute Gasteiger partial charge is 2.00 e. The molecule has 0 aliphatic rings. The van der Waals surface area contributed by atoms with Crippen molar-refractivity contribution in [2.75, 3.05) is 0 Å². The van der Waals surface area contributed by atoms with Crippen LogP contribution in [0.25, 0.3) is 0 Å². The van der Waals surface area contributed by atoms with Crippen molar-refractivity contribution in [3.8, 4) is 0 Å². The number of hydrogen-bond acceptors (Lipinski definition) is 0. The van der Waals surface area contributed by atoms with Crippen molar-refractivity contribution >= 4 is 18.5 Å². The Morgan fingerprint density at radius 3 is 1.29 bits per heavy atom. The van der Waals surface area contributed by atoms with E-state index >= 15 is 0 Å². The second kappa shape index (κ2) is 10.1. The van der Waals surface area contributed by atoms with E-state index in [2.05, 4.69) is 120 Å². The molecule has 0 fully saturated rings. The Morgan fingerprint density at radius 1 is 0.645 bits per heavy atom. The molecule has 2 aromatic carbocycles. The van der Waals surface area contributed by atoms with Gasteiger partial charge < -0.3 is 0 Å². The van der Waals surface area contributed by atoms with Crippen LogP contribution in [0.2, 0.25) is 0 Å². The summed E-state index contributed by atoms with van der Waals surface area (Å²) in [6.45, 7) is 28.5. The van der Waals surface area contributed by atoms with Gasteiger partial charge in [0.05, 0.1) is 0 Å². The van der Waals surface area contributed by atoms with E-state index in [1.54, 1.807) is 0 Å². The van der Waals surface area contributed by atoms with E-state index in [-0.39, 0.29) is 49.0 Å². The Balaban J connectivity index is 0.00000131. The SMILES string of the molecule is CC(C)(C)C(P)(c1ccc[c-]1C(P)(C(C)(C)C)C(C)(C)C)C(C)(C)C.[Fe+2].c1cc[cH-]c1. The van der Waals surface area contributed by atoms with Crippen molar-refractivity contribution in [3.05, 3.63) is 59.7 Å². The van der Waals surface area contributed by atoms with Crippen LogP contribution in [0.4, 0.5) is 0 Å². The quantitative estimate of drug-likeness (QED) is 0.218. The molecule has 0 saturated heterocycles. The molecule has 0 aromatic heterocycles. The van der Waals surface area contributed by atoms with Crippen molar-refractivity contribution in [1.82, 2.24) is 0 Å². The molecule has 2 rings (SSSR count). The third-order valence-corrected chi connectivity index (χ3v) is 11.0. The molecule has 0 nitrogen and oxygen atoms in total. The molecule has 0 spiro atoms. The molecule has 0 aliphatic carbocycles. The Labute approximate surface area is 209 Å². The molecule has 0 amide bonds. The van der Waals surface area contributed by atoms with Crippen molar-refractivity contribution in [1.29, 1.82) is 0 Å². The predicted molar refractivity (Wildman–Crippen MR) is 145 cm³/mol. The average Bonchev–Trinajstić information content (AvgIpc) is 3.23. The molecule has 0 bridgehead atoms. The maximum absolute atomic E-state index is 3.28. The fourth-order valence-electron chi connectivity index (χ4n) is 5.29. The fraction of sp³-hybridized carbons (Fsp3) is 0.643. The summed E-state index contributed by atoms with van der Waals surface area (Å²) in [6, 6.07) is 17.0. The second-order valence-corrected chi connectivity index (χ2v) is 14.7. The van der Waals surface area contributed by atoms with E-state index in [0.29, 0.717) is 0 Å². The maximum atomic E-state index is 3.28. The van der Waals surface area contributed by atoms with Crippen LogP contribution in [0.1, 0.15) is 94.2 Å². The van der Waals surface area contributed by atoms with Gasteiger partial charge in [0.1, 0.15) is 0 Å². The Bertz CT molecular complexity index is 671. The number of hydrogen-bond donors (Lipinski definition) is 0. The average molecular weight is 502 g/mol. The fourth-order valence-corrected chi connectivity index (χ4v) is 5.80. The van der Waals surface area contributed by atoms with Crippen LogP contribution in [-0.4, -0.2) is 0 Å². The van der Waals surface area contributed by atoms with E-state index in [1.165, 1.54) is 11.1 Å². The summed E-state index contributed by atoms with van der Waals surface area (Å²) in [7, 11) is 6.55. The third-order valence-electron chi connectivity index (χ3n) is 6.95. The molecular weight excluding hydrogens is 454 g/mol. The van der Waals surface area contributed by atoms with Crippen LogP contribution >= 0.6 is 18.5 Å². The molecular formula is C28H48FeP2. The van der Waals surface area contributed by atoms with Gasteiger partial charge in [-0.25, -0.2) is 24.3 Å². The molecule has 178 valence electrons. The summed E-state index contributed by atoms with van der Waals surface area (Å²) in [6.07, 6.45) is 0. The van der Waals surface area contributed by atoms with Gasteiger partial charge in [-0.2, -0.15) is 29.8 Å². The summed E-state index contributed by atoms with van der Waals surface area (Å²) < 4.78 is 0. The van der Waals surface area contributed by atoms with Gasteiger partial charge in [-0.05, 0) is 32.0 Å². The monoisotopic (exact) mass is 502 g/mol. The normalized spacial score (nSPS) is 13.9. The molecule has 3 heteroatoms. The first kappa shape index (κ1) is 31.1. The molecule has 2 unspecified atom stereocenters. The van der Waals surface area contributed by atoms with Crippen LogP contribution in [0.5, 0.6) is 0 Å². The van der Waals surface area contributed by atoms with Crippen molar-refractivity contribution in [3.63, 3.8) is 0 Å². The van der Waals surface area contributed by atoms with Crippen molar-refractivity contribution < 1.29 is 17.1 Å². The van der Waals surface area contributed by atoms with Gasteiger partial charge >= 0.3 is 17.1 Å². The topological polar surface area (TPSA) is 0 Å². The minimum absolute atomic E-state index is 0. The second-order valence-electron chi connectivity index (χ2n) is 12.9. The van der Waals surface area contributed by atoms with Crippen LogP contribution < -0.4 is 0 Å². The Kier molecular flexibility index (Phi) is 10.2. The summed E-state index contributed by atoms with van der Waals surface area (Å²) in [5.74, 6) is 0. The van der Waals surface area contributed by atoms with Crippen LogP contribution in [0, 0.1) is 21.7 Å². The first-order chi connectivity index (χ1) is 13.2. The standard InChI is InChI=1S/C23H43P2.C5H5.Fe/c1-18(2,3)22(24,19(4,5)6)16-14-13-15-17(16)23(25,20(7,8)9)21(10,11)12;1-2-4-5-3-1;/h13-15H,24-25H2,1-12H3;1-5H;/q2*-1;+2. The van der Waals surface area contributed by atoms with Gasteiger partial charge in [0, 0.05) is 0 Å². The summed E-state index contributed by atoms with van der Waals surface area (Å²) in [5.41, 5.74) is 3.47. The minimum atomic E-state index is -0.0167. The van der Waals surface area contributed by atoms with Crippen LogP contribution in [0.15, 0.2) is 48.5 Å². The van der Waals surface area contributed by atoms with Crippen molar-refractivity contribution in [2.24, 2.45) is 21.7 Å². The van der Waals surface area contributed by atoms with Gasteiger partial charge in [-0.3, -0.25) is 0 Å². The van der Waals surface area contributed by atoms with Gasteiger partial charge in [0.2, 0.25) is 0 Å². The minimum Gasteiger partial charge on any atom is -0.214 e. The molecule has 2 atom stereocenters. The van der Waals surface area contributed by atoms with Crippen molar-refractivity contribution in [2.45, 2.75) is 93.4 Å². The molecule has 0 heterocycles. The van der Waals surface area contributed by atoms with Crippen LogP contribution in [-0.2, 0) is 27.4 Å². The summed E-state index contributed by atoms with van der Waals surface area (Å²) in [5, 5.41) is -0.0334. The van der Waals surface area contributed by atoms with E-state index in [4.69, 9.17) is 0 Å². The molecule has 2 aromatic rings. The zero-order chi connectivity index (χ0) is 23.8. The van der Waals surface area contributed by atoms with Crippen LogP contribution in [0.3, 0.4) is 0 Å². The molecule has 0 aliphatic heterocycles. The van der Waals surface area contributed by atoms with E-state index in [1.807, 2.05) is 30.3 Å². The zero-order valence-electron chi connectivity index (χ0n) is 22.1. The summed E-state index contributed by atoms with van der Waals surface area (Å²) in [4.78, 5) is 0. The first-order valence-electron chi connectivity index (χ1n) is 11.2. The molecule has 0 N–H and O–H groups in total. The Morgan fingerprint density at radius 2 is 1.03 bits per heavy atom. The summed E-state index contributed by atoms with van der Waals surface area (Å²) >= 11 is 0. The van der Waals surface area contributed by atoms with Gasteiger partial charge in [-0.15, -0.1) is 24.0 Å². The Hall–Kier alpha value is 0.0795. The first-order valence-corrected chi connectivity index (χ1v) is 12.4. The number of rotatable bonds is 2. The van der Waals surface area contributed by atoms with E-state index < -0.39 is 0 Å². The molecule has 0 radical (unpaired) electrons. The molecule has 0 saturated carbocycles. The van der Waals surface area contributed by atoms with Gasteiger partial charge in [-0.1, -0.05) is 83.1 Å². The predicted octanol–water partition coefficient (Wildman–Crippen LogP) is 9.13. The van der Waals surface area contributed by atoms with Gasteiger partial charge in [0.15, 0.2) is 0 Å². The molecule has 31 heavy (non-hydrogen) atoms. The third kappa shape index (κ3) is 5.96. The maximum Gasteiger partial charge on any atom is 2.00 e. The smallest absolute Gasteiger partial charge is 0.214 e.